The molecule has 0 amide bonds. The highest BCUT2D eigenvalue weighted by Crippen LogP contribution is 2.25. The number of benzene rings is 1. The molecule has 0 bridgehead atoms. The molecule has 1 aliphatic heterocycles. The Morgan fingerprint density at radius 1 is 1.44 bits per heavy atom. The Balaban J connectivity index is 2.34. The zero-order chi connectivity index (χ0) is 11.7. The molecule has 2 rings (SSSR count). The van der Waals surface area contributed by atoms with Gasteiger partial charge in [-0.2, -0.15) is 0 Å². The van der Waals surface area contributed by atoms with Gasteiger partial charge in [-0.05, 0) is 43.9 Å². The number of nitrogens with zero attached hydrogens (tertiary/aromatic N) is 2. The molecular formula is C11H14ClN3S. The maximum Gasteiger partial charge on any atom is 0.175 e. The van der Waals surface area contributed by atoms with Crippen molar-refractivity contribution < 1.29 is 0 Å². The van der Waals surface area contributed by atoms with Crippen molar-refractivity contribution in [2.24, 2.45) is 0 Å². The zero-order valence-corrected chi connectivity index (χ0v) is 10.9. The Hall–Kier alpha value is -0.840. The predicted molar refractivity (Wildman–Crippen MR) is 71.9 cm³/mol. The van der Waals surface area contributed by atoms with E-state index in [4.69, 9.17) is 23.8 Å². The molecule has 0 aromatic heterocycles. The maximum absolute atomic E-state index is 6.02. The van der Waals surface area contributed by atoms with E-state index in [1.165, 1.54) is 5.56 Å². The zero-order valence-electron chi connectivity index (χ0n) is 9.33. The van der Waals surface area contributed by atoms with Crippen LogP contribution >= 0.6 is 23.8 Å². The second kappa shape index (κ2) is 4.57. The van der Waals surface area contributed by atoms with Crippen LogP contribution in [0.1, 0.15) is 5.56 Å². The molecule has 86 valence electrons. The summed E-state index contributed by atoms with van der Waals surface area (Å²) in [5.41, 5.74) is 2.24. The molecule has 1 N–H and O–H groups in total. The molecule has 1 aromatic carbocycles. The summed E-state index contributed by atoms with van der Waals surface area (Å²) in [7, 11) is 2.04. The van der Waals surface area contributed by atoms with Crippen LogP contribution in [-0.2, 0) is 0 Å². The van der Waals surface area contributed by atoms with Gasteiger partial charge in [0.2, 0.25) is 0 Å². The van der Waals surface area contributed by atoms with Crippen LogP contribution in [0.4, 0.5) is 5.69 Å². The lowest BCUT2D eigenvalue weighted by Gasteiger charge is -2.36. The Bertz CT molecular complexity index is 422. The molecule has 0 atom stereocenters. The van der Waals surface area contributed by atoms with Crippen molar-refractivity contribution in [3.05, 3.63) is 28.8 Å². The normalized spacial score (nSPS) is 17.4. The summed E-state index contributed by atoms with van der Waals surface area (Å²) < 4.78 is 0. The van der Waals surface area contributed by atoms with E-state index in [0.717, 1.165) is 29.2 Å². The van der Waals surface area contributed by atoms with Gasteiger partial charge in [0.05, 0.1) is 13.3 Å². The monoisotopic (exact) mass is 255 g/mol. The summed E-state index contributed by atoms with van der Waals surface area (Å²) >= 11 is 11.3. The average molecular weight is 256 g/mol. The van der Waals surface area contributed by atoms with Crippen molar-refractivity contribution in [3.8, 4) is 0 Å². The van der Waals surface area contributed by atoms with E-state index >= 15 is 0 Å². The summed E-state index contributed by atoms with van der Waals surface area (Å²) in [6, 6.07) is 5.85. The SMILES string of the molecule is Cc1ccc(Cl)cc1N1CN(C)CNC1=S. The number of hydrogen-bond acceptors (Lipinski definition) is 2. The molecule has 0 spiro atoms. The fourth-order valence-electron chi connectivity index (χ4n) is 1.71. The van der Waals surface area contributed by atoms with Crippen molar-refractivity contribution in [2.75, 3.05) is 25.3 Å². The van der Waals surface area contributed by atoms with Crippen LogP contribution in [0.25, 0.3) is 0 Å². The van der Waals surface area contributed by atoms with Gasteiger partial charge < -0.3 is 10.2 Å². The van der Waals surface area contributed by atoms with Gasteiger partial charge >= 0.3 is 0 Å². The smallest absolute Gasteiger partial charge is 0.175 e. The highest BCUT2D eigenvalue weighted by Gasteiger charge is 2.20. The summed E-state index contributed by atoms with van der Waals surface area (Å²) in [5, 5.41) is 4.65. The Labute approximate surface area is 106 Å². The van der Waals surface area contributed by atoms with Gasteiger partial charge in [-0.3, -0.25) is 4.90 Å². The number of nitrogens with one attached hydrogen (secondary N) is 1. The van der Waals surface area contributed by atoms with Crippen LogP contribution < -0.4 is 10.2 Å². The number of rotatable bonds is 1. The van der Waals surface area contributed by atoms with Gasteiger partial charge in [0.1, 0.15) is 0 Å². The van der Waals surface area contributed by atoms with Gasteiger partial charge in [0.25, 0.3) is 0 Å². The first-order valence-electron chi connectivity index (χ1n) is 5.08. The molecular weight excluding hydrogens is 242 g/mol. The highest BCUT2D eigenvalue weighted by atomic mass is 35.5. The van der Waals surface area contributed by atoms with Gasteiger partial charge in [-0.1, -0.05) is 17.7 Å². The number of anilines is 1. The first-order valence-corrected chi connectivity index (χ1v) is 5.86. The fourth-order valence-corrected chi connectivity index (χ4v) is 2.10. The van der Waals surface area contributed by atoms with E-state index < -0.39 is 0 Å². The van der Waals surface area contributed by atoms with Crippen molar-refractivity contribution in [1.82, 2.24) is 10.2 Å². The van der Waals surface area contributed by atoms with Crippen LogP contribution in [0, 0.1) is 6.92 Å². The predicted octanol–water partition coefficient (Wildman–Crippen LogP) is 2.19. The van der Waals surface area contributed by atoms with Gasteiger partial charge in [0, 0.05) is 10.7 Å². The number of aryl methyl sites for hydroxylation is 1. The first kappa shape index (κ1) is 11.6. The molecule has 1 aromatic rings. The van der Waals surface area contributed by atoms with Crippen LogP contribution in [-0.4, -0.2) is 30.4 Å². The largest absolute Gasteiger partial charge is 0.349 e. The molecule has 16 heavy (non-hydrogen) atoms. The molecule has 5 heteroatoms. The van der Waals surface area contributed by atoms with Crippen LogP contribution in [0.2, 0.25) is 5.02 Å². The van der Waals surface area contributed by atoms with E-state index in [-0.39, 0.29) is 0 Å². The second-order valence-corrected chi connectivity index (χ2v) is 4.82. The lowest BCUT2D eigenvalue weighted by molar-refractivity contribution is 0.318. The summed E-state index contributed by atoms with van der Waals surface area (Å²) in [6.07, 6.45) is 0. The number of thiocarbonyl (C=S) groups is 1. The first-order chi connectivity index (χ1) is 7.58. The van der Waals surface area contributed by atoms with Crippen molar-refractivity contribution >= 4 is 34.6 Å². The molecule has 1 saturated heterocycles. The molecule has 3 nitrogen and oxygen atoms in total. The fraction of sp³-hybridized carbons (Fsp3) is 0.364. The second-order valence-electron chi connectivity index (χ2n) is 4.00. The van der Waals surface area contributed by atoms with Gasteiger partial charge in [-0.15, -0.1) is 0 Å². The van der Waals surface area contributed by atoms with Crippen LogP contribution in [0.15, 0.2) is 18.2 Å². The standard InChI is InChI=1S/C11H14ClN3S/c1-8-3-4-9(12)5-10(8)15-7-14(2)6-13-11(15)16/h3-5H,6-7H2,1-2H3,(H,13,16). The van der Waals surface area contributed by atoms with Crippen molar-refractivity contribution in [1.29, 1.82) is 0 Å². The van der Waals surface area contributed by atoms with Gasteiger partial charge in [-0.25, -0.2) is 0 Å². The average Bonchev–Trinajstić information content (AvgIpc) is 2.25. The van der Waals surface area contributed by atoms with Crippen molar-refractivity contribution in [2.45, 2.75) is 6.92 Å². The third kappa shape index (κ3) is 2.29. The number of halogens is 1. The number of hydrogen-bond donors (Lipinski definition) is 1. The Morgan fingerprint density at radius 2 is 2.19 bits per heavy atom. The molecule has 0 aliphatic carbocycles. The summed E-state index contributed by atoms with van der Waals surface area (Å²) in [6.45, 7) is 3.63. The van der Waals surface area contributed by atoms with Crippen LogP contribution in [0.5, 0.6) is 0 Å². The van der Waals surface area contributed by atoms with E-state index in [1.54, 1.807) is 0 Å². The third-order valence-electron chi connectivity index (χ3n) is 2.59. The summed E-state index contributed by atoms with van der Waals surface area (Å²) in [5.74, 6) is 0. The molecule has 0 saturated carbocycles. The minimum Gasteiger partial charge on any atom is -0.349 e. The lowest BCUT2D eigenvalue weighted by Crippen LogP contribution is -2.55. The van der Waals surface area contributed by atoms with E-state index in [9.17, 15) is 0 Å². The third-order valence-corrected chi connectivity index (χ3v) is 3.19. The molecule has 0 radical (unpaired) electrons. The van der Waals surface area contributed by atoms with Gasteiger partial charge in [0.15, 0.2) is 5.11 Å². The topological polar surface area (TPSA) is 18.5 Å². The van der Waals surface area contributed by atoms with E-state index in [0.29, 0.717) is 0 Å². The molecule has 1 fully saturated rings. The molecule has 1 heterocycles. The minimum atomic E-state index is 0.733. The van der Waals surface area contributed by atoms with Crippen LogP contribution in [0.3, 0.4) is 0 Å². The van der Waals surface area contributed by atoms with E-state index in [1.807, 2.05) is 25.2 Å². The Morgan fingerprint density at radius 3 is 2.94 bits per heavy atom. The highest BCUT2D eigenvalue weighted by molar-refractivity contribution is 7.80. The van der Waals surface area contributed by atoms with E-state index in [2.05, 4.69) is 22.0 Å². The molecule has 1 aliphatic rings. The quantitative estimate of drug-likeness (QED) is 0.775. The Kier molecular flexibility index (Phi) is 3.33. The summed E-state index contributed by atoms with van der Waals surface area (Å²) in [4.78, 5) is 4.20. The maximum atomic E-state index is 6.02. The molecule has 0 unspecified atom stereocenters. The van der Waals surface area contributed by atoms with Crippen molar-refractivity contribution in [3.63, 3.8) is 0 Å². The lowest BCUT2D eigenvalue weighted by atomic mass is 10.2. The minimum absolute atomic E-state index is 0.733.